The quantitative estimate of drug-likeness (QED) is 0.460. The molecule has 0 radical (unpaired) electrons. The molecule has 0 aliphatic rings. The van der Waals surface area contributed by atoms with Crippen molar-refractivity contribution >= 4 is 11.8 Å². The Bertz CT molecular complexity index is 231. The SMILES string of the molecule is COCCNCC(=O)NC(C(N)=O)C(C)C. The summed E-state index contributed by atoms with van der Waals surface area (Å²) in [4.78, 5) is 22.4. The number of rotatable bonds is 8. The Morgan fingerprint density at radius 2 is 2.00 bits per heavy atom. The van der Waals surface area contributed by atoms with Crippen LogP contribution in [0.1, 0.15) is 13.8 Å². The van der Waals surface area contributed by atoms with Gasteiger partial charge in [0, 0.05) is 13.7 Å². The average molecular weight is 231 g/mol. The van der Waals surface area contributed by atoms with E-state index in [9.17, 15) is 9.59 Å². The summed E-state index contributed by atoms with van der Waals surface area (Å²) in [6.45, 7) is 4.94. The number of hydrogen-bond donors (Lipinski definition) is 3. The lowest BCUT2D eigenvalue weighted by atomic mass is 10.0. The molecule has 0 fully saturated rings. The van der Waals surface area contributed by atoms with Gasteiger partial charge in [-0.05, 0) is 5.92 Å². The maximum absolute atomic E-state index is 11.4. The summed E-state index contributed by atoms with van der Waals surface area (Å²) in [5.74, 6) is -0.769. The van der Waals surface area contributed by atoms with Crippen molar-refractivity contribution in [2.45, 2.75) is 19.9 Å². The van der Waals surface area contributed by atoms with Crippen molar-refractivity contribution in [2.24, 2.45) is 11.7 Å². The number of methoxy groups -OCH3 is 1. The standard InChI is InChI=1S/C10H21N3O3/c1-7(2)9(10(11)15)13-8(14)6-12-4-5-16-3/h7,9,12H,4-6H2,1-3H3,(H2,11,15)(H,13,14). The van der Waals surface area contributed by atoms with Crippen molar-refractivity contribution in [3.05, 3.63) is 0 Å². The highest BCUT2D eigenvalue weighted by Crippen LogP contribution is 1.99. The smallest absolute Gasteiger partial charge is 0.240 e. The lowest BCUT2D eigenvalue weighted by Crippen LogP contribution is -2.50. The summed E-state index contributed by atoms with van der Waals surface area (Å²) < 4.78 is 4.81. The number of amides is 2. The first-order valence-electron chi connectivity index (χ1n) is 5.27. The average Bonchev–Trinajstić information content (AvgIpc) is 2.20. The van der Waals surface area contributed by atoms with E-state index in [-0.39, 0.29) is 18.4 Å². The molecule has 0 heterocycles. The number of carbonyl (C=O) groups is 2. The Labute approximate surface area is 95.9 Å². The number of nitrogens with two attached hydrogens (primary N) is 1. The number of ether oxygens (including phenoxy) is 1. The summed E-state index contributed by atoms with van der Waals surface area (Å²) in [5, 5.41) is 5.46. The largest absolute Gasteiger partial charge is 0.383 e. The molecule has 1 unspecified atom stereocenters. The van der Waals surface area contributed by atoms with Crippen LogP contribution in [-0.2, 0) is 14.3 Å². The van der Waals surface area contributed by atoms with E-state index >= 15 is 0 Å². The first-order valence-corrected chi connectivity index (χ1v) is 5.27. The molecular weight excluding hydrogens is 210 g/mol. The Morgan fingerprint density at radius 3 is 2.44 bits per heavy atom. The second-order valence-electron chi connectivity index (χ2n) is 3.86. The van der Waals surface area contributed by atoms with E-state index in [2.05, 4.69) is 10.6 Å². The normalized spacial score (nSPS) is 12.5. The molecule has 0 bridgehead atoms. The van der Waals surface area contributed by atoms with Crippen LogP contribution in [0.25, 0.3) is 0 Å². The van der Waals surface area contributed by atoms with E-state index in [0.29, 0.717) is 13.2 Å². The highest BCUT2D eigenvalue weighted by atomic mass is 16.5. The van der Waals surface area contributed by atoms with Crippen molar-refractivity contribution < 1.29 is 14.3 Å². The van der Waals surface area contributed by atoms with E-state index in [4.69, 9.17) is 10.5 Å². The monoisotopic (exact) mass is 231 g/mol. The zero-order valence-corrected chi connectivity index (χ0v) is 10.1. The first-order chi connectivity index (χ1) is 7.49. The van der Waals surface area contributed by atoms with Crippen LogP contribution in [0.5, 0.6) is 0 Å². The lowest BCUT2D eigenvalue weighted by Gasteiger charge is -2.18. The Morgan fingerprint density at radius 1 is 1.38 bits per heavy atom. The van der Waals surface area contributed by atoms with E-state index in [1.54, 1.807) is 7.11 Å². The minimum absolute atomic E-state index is 0.0135. The molecule has 0 saturated carbocycles. The summed E-state index contributed by atoms with van der Waals surface area (Å²) in [6, 6.07) is -0.614. The Balaban J connectivity index is 3.87. The van der Waals surface area contributed by atoms with Gasteiger partial charge in [0.2, 0.25) is 11.8 Å². The predicted molar refractivity (Wildman–Crippen MR) is 60.7 cm³/mol. The van der Waals surface area contributed by atoms with E-state index in [0.717, 1.165) is 0 Å². The molecule has 0 rings (SSSR count). The van der Waals surface area contributed by atoms with Gasteiger partial charge in [0.1, 0.15) is 6.04 Å². The van der Waals surface area contributed by atoms with Crippen molar-refractivity contribution in [1.29, 1.82) is 0 Å². The summed E-state index contributed by atoms with van der Waals surface area (Å²) in [7, 11) is 1.59. The van der Waals surface area contributed by atoms with Crippen molar-refractivity contribution in [1.82, 2.24) is 10.6 Å². The third-order valence-electron chi connectivity index (χ3n) is 2.06. The highest BCUT2D eigenvalue weighted by Gasteiger charge is 2.20. The molecule has 1 atom stereocenters. The third-order valence-corrected chi connectivity index (χ3v) is 2.06. The van der Waals surface area contributed by atoms with Crippen LogP contribution < -0.4 is 16.4 Å². The fourth-order valence-electron chi connectivity index (χ4n) is 1.17. The van der Waals surface area contributed by atoms with Crippen molar-refractivity contribution in [3.63, 3.8) is 0 Å². The Hall–Kier alpha value is -1.14. The van der Waals surface area contributed by atoms with Crippen LogP contribution in [0.3, 0.4) is 0 Å². The molecule has 4 N–H and O–H groups in total. The van der Waals surface area contributed by atoms with Crippen LogP contribution in [-0.4, -0.2) is 44.7 Å². The van der Waals surface area contributed by atoms with Gasteiger partial charge in [-0.2, -0.15) is 0 Å². The molecule has 0 saturated heterocycles. The van der Waals surface area contributed by atoms with Crippen LogP contribution in [0.15, 0.2) is 0 Å². The van der Waals surface area contributed by atoms with Gasteiger partial charge in [0.25, 0.3) is 0 Å². The predicted octanol–water partition coefficient (Wildman–Crippen LogP) is -1.15. The van der Waals surface area contributed by atoms with Gasteiger partial charge in [-0.25, -0.2) is 0 Å². The summed E-state index contributed by atoms with van der Waals surface area (Å²) >= 11 is 0. The third kappa shape index (κ3) is 6.36. The van der Waals surface area contributed by atoms with E-state index in [1.807, 2.05) is 13.8 Å². The molecule has 0 aliphatic heterocycles. The molecule has 0 spiro atoms. The van der Waals surface area contributed by atoms with Crippen LogP contribution >= 0.6 is 0 Å². The molecule has 6 nitrogen and oxygen atoms in total. The van der Waals surface area contributed by atoms with Gasteiger partial charge < -0.3 is 21.1 Å². The van der Waals surface area contributed by atoms with Gasteiger partial charge in [-0.15, -0.1) is 0 Å². The molecule has 2 amide bonds. The van der Waals surface area contributed by atoms with Crippen LogP contribution in [0.2, 0.25) is 0 Å². The van der Waals surface area contributed by atoms with Crippen molar-refractivity contribution in [3.8, 4) is 0 Å². The van der Waals surface area contributed by atoms with Gasteiger partial charge in [-0.3, -0.25) is 9.59 Å². The van der Waals surface area contributed by atoms with Gasteiger partial charge >= 0.3 is 0 Å². The maximum Gasteiger partial charge on any atom is 0.240 e. The minimum Gasteiger partial charge on any atom is -0.383 e. The molecule has 0 aromatic heterocycles. The molecule has 0 aromatic carbocycles. The highest BCUT2D eigenvalue weighted by molar-refractivity contribution is 5.87. The second-order valence-corrected chi connectivity index (χ2v) is 3.86. The fourth-order valence-corrected chi connectivity index (χ4v) is 1.17. The molecule has 16 heavy (non-hydrogen) atoms. The second kappa shape index (κ2) is 8.06. The topological polar surface area (TPSA) is 93.4 Å². The first kappa shape index (κ1) is 14.9. The minimum atomic E-state index is -0.614. The van der Waals surface area contributed by atoms with Gasteiger partial charge in [0.15, 0.2) is 0 Å². The summed E-state index contributed by atoms with van der Waals surface area (Å²) in [6.07, 6.45) is 0. The lowest BCUT2D eigenvalue weighted by molar-refractivity contribution is -0.127. The molecule has 94 valence electrons. The van der Waals surface area contributed by atoms with Crippen LogP contribution in [0, 0.1) is 5.92 Å². The number of hydrogen-bond acceptors (Lipinski definition) is 4. The number of carbonyl (C=O) groups excluding carboxylic acids is 2. The maximum atomic E-state index is 11.4. The van der Waals surface area contributed by atoms with E-state index in [1.165, 1.54) is 0 Å². The molecule has 0 aliphatic carbocycles. The molecular formula is C10H21N3O3. The van der Waals surface area contributed by atoms with Gasteiger partial charge in [0.05, 0.1) is 13.2 Å². The van der Waals surface area contributed by atoms with Crippen LogP contribution in [0.4, 0.5) is 0 Å². The van der Waals surface area contributed by atoms with Gasteiger partial charge in [-0.1, -0.05) is 13.8 Å². The zero-order chi connectivity index (χ0) is 12.6. The fraction of sp³-hybridized carbons (Fsp3) is 0.800. The van der Waals surface area contributed by atoms with Crippen molar-refractivity contribution in [2.75, 3.05) is 26.8 Å². The number of nitrogens with one attached hydrogen (secondary N) is 2. The molecule has 0 aromatic rings. The molecule has 6 heteroatoms. The van der Waals surface area contributed by atoms with E-state index < -0.39 is 11.9 Å². The summed E-state index contributed by atoms with van der Waals surface area (Å²) in [5.41, 5.74) is 5.17. The Kier molecular flexibility index (Phi) is 7.49. The number of primary amides is 1. The zero-order valence-electron chi connectivity index (χ0n) is 10.1.